The van der Waals surface area contributed by atoms with Crippen molar-refractivity contribution in [3.05, 3.63) is 36.3 Å². The summed E-state index contributed by atoms with van der Waals surface area (Å²) in [7, 11) is -0.680. The Morgan fingerprint density at radius 2 is 2.19 bits per heavy atom. The normalized spacial score (nSPS) is 20.9. The van der Waals surface area contributed by atoms with Crippen LogP contribution in [0.25, 0.3) is 11.3 Å². The second kappa shape index (κ2) is 8.20. The molecule has 0 bridgehead atoms. The monoisotopic (exact) mass is 410 g/mol. The van der Waals surface area contributed by atoms with Gasteiger partial charge >= 0.3 is 0 Å². The minimum absolute atomic E-state index is 0. The number of hydrogen-bond donors (Lipinski definition) is 1. The summed E-state index contributed by atoms with van der Waals surface area (Å²) in [5.74, 6) is 0.576. The van der Waals surface area contributed by atoms with Crippen LogP contribution in [0.4, 0.5) is 5.69 Å². The highest BCUT2D eigenvalue weighted by Gasteiger charge is 2.27. The fourth-order valence-corrected chi connectivity index (χ4v) is 5.74. The van der Waals surface area contributed by atoms with E-state index >= 15 is 0 Å². The molecule has 0 amide bonds. The largest absolute Gasteiger partial charge is 0.374 e. The highest BCUT2D eigenvalue weighted by molar-refractivity contribution is 7.91. The maximum Gasteiger partial charge on any atom is 0.151 e. The smallest absolute Gasteiger partial charge is 0.151 e. The molecule has 4 rings (SSSR count). The lowest BCUT2D eigenvalue weighted by Gasteiger charge is -2.27. The lowest BCUT2D eigenvalue weighted by atomic mass is 9.98. The van der Waals surface area contributed by atoms with Crippen LogP contribution in [0.5, 0.6) is 0 Å². The average Bonchev–Trinajstić information content (AvgIpc) is 3.21. The zero-order chi connectivity index (χ0) is 18.1. The van der Waals surface area contributed by atoms with Crippen LogP contribution in [-0.2, 0) is 22.8 Å². The van der Waals surface area contributed by atoms with Gasteiger partial charge in [-0.1, -0.05) is 6.07 Å². The summed E-state index contributed by atoms with van der Waals surface area (Å²) in [6, 6.07) is 6.76. The topological polar surface area (TPSA) is 67.2 Å². The van der Waals surface area contributed by atoms with Crippen molar-refractivity contribution in [2.24, 2.45) is 0 Å². The first kappa shape index (κ1) is 20.2. The summed E-state index contributed by atoms with van der Waals surface area (Å²) in [5.41, 5.74) is 5.04. The molecule has 1 aromatic carbocycles. The summed E-state index contributed by atoms with van der Waals surface area (Å²) in [4.78, 5) is 6.65. The number of imidazole rings is 1. The number of aromatic nitrogens is 2. The van der Waals surface area contributed by atoms with E-state index in [0.29, 0.717) is 5.75 Å². The van der Waals surface area contributed by atoms with Crippen molar-refractivity contribution in [3.8, 4) is 11.3 Å². The number of aryl methyl sites for hydroxylation is 1. The summed E-state index contributed by atoms with van der Waals surface area (Å²) in [6.07, 6.45) is 6.81. The van der Waals surface area contributed by atoms with E-state index in [2.05, 4.69) is 45.0 Å². The van der Waals surface area contributed by atoms with E-state index in [1.807, 2.05) is 12.5 Å². The predicted molar refractivity (Wildman–Crippen MR) is 112 cm³/mol. The lowest BCUT2D eigenvalue weighted by Crippen LogP contribution is -2.32. The van der Waals surface area contributed by atoms with Gasteiger partial charge in [0.05, 0.1) is 29.7 Å². The number of fused-ring (bicyclic) bond motifs is 1. The number of sulfone groups is 1. The maximum absolute atomic E-state index is 11.6. The lowest BCUT2D eigenvalue weighted by molar-refractivity contribution is 0.521. The third kappa shape index (κ3) is 4.47. The number of anilines is 1. The molecule has 1 atom stereocenters. The highest BCUT2D eigenvalue weighted by Crippen LogP contribution is 2.30. The van der Waals surface area contributed by atoms with Gasteiger partial charge in [0.1, 0.15) is 0 Å². The Hall–Kier alpha value is -1.57. The van der Waals surface area contributed by atoms with Crippen LogP contribution >= 0.6 is 12.4 Å². The van der Waals surface area contributed by atoms with Gasteiger partial charge in [0.2, 0.25) is 0 Å². The first-order chi connectivity index (χ1) is 12.5. The third-order valence-corrected chi connectivity index (χ3v) is 7.22. The number of halogens is 1. The summed E-state index contributed by atoms with van der Waals surface area (Å²) >= 11 is 0. The molecule has 148 valence electrons. The van der Waals surface area contributed by atoms with Gasteiger partial charge in [0.25, 0.3) is 0 Å². The van der Waals surface area contributed by atoms with Crippen molar-refractivity contribution < 1.29 is 8.42 Å². The molecule has 1 fully saturated rings. The molecule has 0 radical (unpaired) electrons. The highest BCUT2D eigenvalue weighted by atomic mass is 35.5. The quantitative estimate of drug-likeness (QED) is 0.817. The van der Waals surface area contributed by atoms with Gasteiger partial charge in [-0.2, -0.15) is 0 Å². The Kier molecular flexibility index (Phi) is 6.13. The number of rotatable bonds is 5. The van der Waals surface area contributed by atoms with Crippen molar-refractivity contribution in [1.29, 1.82) is 0 Å². The Labute approximate surface area is 167 Å². The van der Waals surface area contributed by atoms with Gasteiger partial charge in [-0.25, -0.2) is 13.4 Å². The van der Waals surface area contributed by atoms with E-state index in [9.17, 15) is 8.42 Å². The fourth-order valence-electron chi connectivity index (χ4n) is 4.03. The summed E-state index contributed by atoms with van der Waals surface area (Å²) in [5, 5.41) is 3.38. The van der Waals surface area contributed by atoms with Crippen molar-refractivity contribution in [2.45, 2.75) is 31.8 Å². The molecule has 1 aromatic heterocycles. The van der Waals surface area contributed by atoms with E-state index in [4.69, 9.17) is 0 Å². The van der Waals surface area contributed by atoms with Crippen LogP contribution in [-0.4, -0.2) is 55.7 Å². The Bertz CT molecular complexity index is 897. The minimum atomic E-state index is -2.83. The second-order valence-electron chi connectivity index (χ2n) is 7.39. The Morgan fingerprint density at radius 1 is 1.33 bits per heavy atom. The van der Waals surface area contributed by atoms with E-state index in [1.54, 1.807) is 0 Å². The molecule has 1 N–H and O–H groups in total. The molecule has 1 saturated heterocycles. The van der Waals surface area contributed by atoms with Gasteiger partial charge < -0.3 is 14.8 Å². The number of nitrogens with one attached hydrogen (secondary N) is 1. The molecule has 2 aliphatic rings. The molecule has 0 saturated carbocycles. The first-order valence-electron chi connectivity index (χ1n) is 9.30. The van der Waals surface area contributed by atoms with Crippen molar-refractivity contribution >= 4 is 27.9 Å². The molecule has 0 spiro atoms. The third-order valence-electron chi connectivity index (χ3n) is 5.46. The van der Waals surface area contributed by atoms with E-state index in [0.717, 1.165) is 38.2 Å². The minimum Gasteiger partial charge on any atom is -0.374 e. The Morgan fingerprint density at radius 3 is 2.96 bits per heavy atom. The van der Waals surface area contributed by atoms with Gasteiger partial charge in [0, 0.05) is 44.0 Å². The molecule has 1 unspecified atom stereocenters. The molecule has 8 heteroatoms. The maximum atomic E-state index is 11.6. The molecule has 0 aliphatic carbocycles. The van der Waals surface area contributed by atoms with Gasteiger partial charge in [0.15, 0.2) is 9.84 Å². The van der Waals surface area contributed by atoms with Crippen molar-refractivity contribution in [1.82, 2.24) is 14.9 Å². The van der Waals surface area contributed by atoms with Crippen LogP contribution in [0, 0.1) is 0 Å². The summed E-state index contributed by atoms with van der Waals surface area (Å²) < 4.78 is 25.3. The molecule has 27 heavy (non-hydrogen) atoms. The molecular formula is C19H27ClN4O2S. The van der Waals surface area contributed by atoms with Crippen LogP contribution < -0.4 is 10.2 Å². The number of nitrogens with zero attached hydrogens (tertiary/aromatic N) is 3. The zero-order valence-corrected chi connectivity index (χ0v) is 17.2. The average molecular weight is 411 g/mol. The predicted octanol–water partition coefficient (Wildman–Crippen LogP) is 2.13. The molecular weight excluding hydrogens is 384 g/mol. The van der Waals surface area contributed by atoms with Crippen LogP contribution in [0.2, 0.25) is 0 Å². The molecule has 6 nitrogen and oxygen atoms in total. The molecule has 3 heterocycles. The second-order valence-corrected chi connectivity index (χ2v) is 9.62. The van der Waals surface area contributed by atoms with Crippen molar-refractivity contribution in [3.63, 3.8) is 0 Å². The van der Waals surface area contributed by atoms with Gasteiger partial charge in [-0.15, -0.1) is 12.4 Å². The summed E-state index contributed by atoms with van der Waals surface area (Å²) in [6.45, 7) is 2.65. The van der Waals surface area contributed by atoms with Crippen LogP contribution in [0.1, 0.15) is 18.4 Å². The van der Waals surface area contributed by atoms with E-state index in [1.165, 1.54) is 23.2 Å². The SMILES string of the molecule is CN1CCCc2cc(-c3cncn3CCNC3CCS(=O)(=O)C3)ccc21.Cl. The number of hydrogen-bond acceptors (Lipinski definition) is 5. The van der Waals surface area contributed by atoms with E-state index in [-0.39, 0.29) is 24.2 Å². The molecule has 2 aromatic rings. The van der Waals surface area contributed by atoms with E-state index < -0.39 is 9.84 Å². The first-order valence-corrected chi connectivity index (χ1v) is 11.1. The van der Waals surface area contributed by atoms with Crippen LogP contribution in [0.3, 0.4) is 0 Å². The van der Waals surface area contributed by atoms with Crippen molar-refractivity contribution in [2.75, 3.05) is 36.5 Å². The van der Waals surface area contributed by atoms with Gasteiger partial charge in [-0.05, 0) is 37.0 Å². The molecule has 2 aliphatic heterocycles. The van der Waals surface area contributed by atoms with Gasteiger partial charge in [-0.3, -0.25) is 0 Å². The fraction of sp³-hybridized carbons (Fsp3) is 0.526. The Balaban J connectivity index is 0.00000210. The zero-order valence-electron chi connectivity index (χ0n) is 15.6. The standard InChI is InChI=1S/C19H26N4O2S.ClH/c1-22-8-2-3-15-11-16(4-5-18(15)22)19-12-20-14-23(19)9-7-21-17-6-10-26(24,25)13-17;/h4-5,11-12,14,17,21H,2-3,6-10,13H2,1H3;1H. The van der Waals surface area contributed by atoms with Crippen LogP contribution in [0.15, 0.2) is 30.7 Å². The number of benzene rings is 1.